The van der Waals surface area contributed by atoms with Crippen LogP contribution in [0.5, 0.6) is 0 Å². The van der Waals surface area contributed by atoms with E-state index in [-0.39, 0.29) is 12.0 Å². The number of carbonyl (C=O) groups excluding carboxylic acids is 1. The lowest BCUT2D eigenvalue weighted by Gasteiger charge is -2.07. The number of rotatable bonds is 5. The quantitative estimate of drug-likeness (QED) is 0.744. The maximum atomic E-state index is 11.3. The van der Waals surface area contributed by atoms with Crippen molar-refractivity contribution >= 4 is 5.91 Å². The average Bonchev–Trinajstić information content (AvgIpc) is 2.70. The van der Waals surface area contributed by atoms with Crippen molar-refractivity contribution in [3.63, 3.8) is 0 Å². The summed E-state index contributed by atoms with van der Waals surface area (Å²) in [5, 5.41) is 11.9. The van der Waals surface area contributed by atoms with Crippen LogP contribution in [0, 0.1) is 0 Å². The van der Waals surface area contributed by atoms with Crippen LogP contribution < -0.4 is 5.32 Å². The molecule has 2 N–H and O–H groups in total. The van der Waals surface area contributed by atoms with Crippen LogP contribution in [0.15, 0.2) is 23.0 Å². The van der Waals surface area contributed by atoms with Crippen molar-refractivity contribution in [2.45, 2.75) is 25.9 Å². The highest BCUT2D eigenvalue weighted by Crippen LogP contribution is 2.00. The van der Waals surface area contributed by atoms with E-state index < -0.39 is 0 Å². The molecule has 0 spiro atoms. The van der Waals surface area contributed by atoms with Gasteiger partial charge in [0.1, 0.15) is 6.26 Å². The first-order valence-corrected chi connectivity index (χ1v) is 4.72. The Bertz CT molecular complexity index is 269. The van der Waals surface area contributed by atoms with Gasteiger partial charge in [0.15, 0.2) is 0 Å². The predicted octanol–water partition coefficient (Wildman–Crippen LogP) is 1.17. The molecule has 14 heavy (non-hydrogen) atoms. The summed E-state index contributed by atoms with van der Waals surface area (Å²) >= 11 is 0. The minimum Gasteiger partial charge on any atom is -0.472 e. The van der Waals surface area contributed by atoms with Crippen LogP contribution in [-0.2, 0) is 0 Å². The maximum absolute atomic E-state index is 11.3. The molecule has 0 aromatic carbocycles. The lowest BCUT2D eigenvalue weighted by molar-refractivity contribution is 0.0941. The number of hydrogen-bond donors (Lipinski definition) is 2. The predicted molar refractivity (Wildman–Crippen MR) is 52.0 cm³/mol. The van der Waals surface area contributed by atoms with Gasteiger partial charge in [0, 0.05) is 6.54 Å². The van der Waals surface area contributed by atoms with E-state index in [1.165, 1.54) is 12.5 Å². The number of aliphatic hydroxyl groups excluding tert-OH is 1. The van der Waals surface area contributed by atoms with Gasteiger partial charge in [-0.05, 0) is 18.9 Å². The van der Waals surface area contributed by atoms with Crippen molar-refractivity contribution in [3.05, 3.63) is 24.2 Å². The van der Waals surface area contributed by atoms with Crippen molar-refractivity contribution in [1.29, 1.82) is 0 Å². The second kappa shape index (κ2) is 5.44. The fourth-order valence-corrected chi connectivity index (χ4v) is 1.05. The van der Waals surface area contributed by atoms with Gasteiger partial charge in [0.2, 0.25) is 0 Å². The molecule has 0 radical (unpaired) electrons. The van der Waals surface area contributed by atoms with Crippen LogP contribution in [0.2, 0.25) is 0 Å². The van der Waals surface area contributed by atoms with E-state index in [0.717, 1.165) is 0 Å². The van der Waals surface area contributed by atoms with E-state index in [0.29, 0.717) is 24.9 Å². The van der Waals surface area contributed by atoms with Gasteiger partial charge < -0.3 is 14.8 Å². The highest BCUT2D eigenvalue weighted by Gasteiger charge is 2.06. The molecule has 0 saturated carbocycles. The van der Waals surface area contributed by atoms with Crippen molar-refractivity contribution in [2.75, 3.05) is 6.54 Å². The molecule has 4 nitrogen and oxygen atoms in total. The lowest BCUT2D eigenvalue weighted by Crippen LogP contribution is -2.26. The molecule has 0 bridgehead atoms. The van der Waals surface area contributed by atoms with Crippen molar-refractivity contribution in [2.24, 2.45) is 0 Å². The third-order valence-electron chi connectivity index (χ3n) is 2.02. The molecule has 0 aliphatic carbocycles. The second-order valence-corrected chi connectivity index (χ2v) is 3.12. The Morgan fingerprint density at radius 2 is 2.50 bits per heavy atom. The standard InChI is InChI=1S/C10H15NO3/c1-2-9(12)3-5-11-10(13)8-4-6-14-7-8/h4,6-7,9,12H,2-3,5H2,1H3,(H,11,13). The zero-order chi connectivity index (χ0) is 10.4. The molecular formula is C10H15NO3. The van der Waals surface area contributed by atoms with E-state index in [1.54, 1.807) is 6.07 Å². The van der Waals surface area contributed by atoms with Crippen molar-refractivity contribution in [3.8, 4) is 0 Å². The van der Waals surface area contributed by atoms with Gasteiger partial charge in [0.25, 0.3) is 5.91 Å². The van der Waals surface area contributed by atoms with Gasteiger partial charge >= 0.3 is 0 Å². The molecule has 1 atom stereocenters. The zero-order valence-corrected chi connectivity index (χ0v) is 8.19. The fourth-order valence-electron chi connectivity index (χ4n) is 1.05. The third-order valence-corrected chi connectivity index (χ3v) is 2.02. The minimum atomic E-state index is -0.334. The molecular weight excluding hydrogens is 182 g/mol. The van der Waals surface area contributed by atoms with Gasteiger partial charge in [0.05, 0.1) is 17.9 Å². The minimum absolute atomic E-state index is 0.165. The Kier molecular flexibility index (Phi) is 4.19. The normalized spacial score (nSPS) is 12.4. The summed E-state index contributed by atoms with van der Waals surface area (Å²) < 4.78 is 4.77. The second-order valence-electron chi connectivity index (χ2n) is 3.12. The van der Waals surface area contributed by atoms with Crippen LogP contribution in [-0.4, -0.2) is 23.7 Å². The molecule has 4 heteroatoms. The van der Waals surface area contributed by atoms with E-state index in [1.807, 2.05) is 6.92 Å². The molecule has 1 heterocycles. The van der Waals surface area contributed by atoms with E-state index >= 15 is 0 Å². The zero-order valence-electron chi connectivity index (χ0n) is 8.19. The SMILES string of the molecule is CCC(O)CCNC(=O)c1ccoc1. The molecule has 1 aromatic rings. The van der Waals surface area contributed by atoms with E-state index in [4.69, 9.17) is 4.42 Å². The lowest BCUT2D eigenvalue weighted by atomic mass is 10.2. The third kappa shape index (κ3) is 3.22. The Hall–Kier alpha value is -1.29. The summed E-state index contributed by atoms with van der Waals surface area (Å²) in [5.41, 5.74) is 0.510. The molecule has 1 aromatic heterocycles. The molecule has 1 rings (SSSR count). The molecule has 1 unspecified atom stereocenters. The number of amides is 1. The van der Waals surface area contributed by atoms with Crippen LogP contribution in [0.25, 0.3) is 0 Å². The number of hydrogen-bond acceptors (Lipinski definition) is 3. The number of furan rings is 1. The number of aliphatic hydroxyl groups is 1. The summed E-state index contributed by atoms with van der Waals surface area (Å²) in [5.74, 6) is -0.165. The topological polar surface area (TPSA) is 62.5 Å². The summed E-state index contributed by atoms with van der Waals surface area (Å²) in [6.45, 7) is 2.39. The average molecular weight is 197 g/mol. The van der Waals surface area contributed by atoms with Gasteiger partial charge in [-0.2, -0.15) is 0 Å². The van der Waals surface area contributed by atoms with Crippen LogP contribution in [0.3, 0.4) is 0 Å². The van der Waals surface area contributed by atoms with Crippen LogP contribution >= 0.6 is 0 Å². The number of carbonyl (C=O) groups is 1. The Labute approximate surface area is 82.9 Å². The van der Waals surface area contributed by atoms with Gasteiger partial charge in [-0.25, -0.2) is 0 Å². The Morgan fingerprint density at radius 3 is 3.07 bits per heavy atom. The molecule has 0 aliphatic heterocycles. The highest BCUT2D eigenvalue weighted by molar-refractivity contribution is 5.93. The number of nitrogens with one attached hydrogen (secondary N) is 1. The van der Waals surface area contributed by atoms with E-state index in [9.17, 15) is 9.90 Å². The Balaban J connectivity index is 2.23. The first kappa shape index (κ1) is 10.8. The first-order chi connectivity index (χ1) is 6.74. The maximum Gasteiger partial charge on any atom is 0.254 e. The molecule has 1 amide bonds. The molecule has 0 fully saturated rings. The molecule has 78 valence electrons. The van der Waals surface area contributed by atoms with Crippen molar-refractivity contribution < 1.29 is 14.3 Å². The van der Waals surface area contributed by atoms with Gasteiger partial charge in [-0.3, -0.25) is 4.79 Å². The fraction of sp³-hybridized carbons (Fsp3) is 0.500. The summed E-state index contributed by atoms with van der Waals surface area (Å²) in [4.78, 5) is 11.3. The van der Waals surface area contributed by atoms with E-state index in [2.05, 4.69) is 5.32 Å². The van der Waals surface area contributed by atoms with Crippen LogP contribution in [0.4, 0.5) is 0 Å². The highest BCUT2D eigenvalue weighted by atomic mass is 16.3. The molecule has 0 aliphatic rings. The monoisotopic (exact) mass is 197 g/mol. The summed E-state index contributed by atoms with van der Waals surface area (Å²) in [7, 11) is 0. The summed E-state index contributed by atoms with van der Waals surface area (Å²) in [6.07, 6.45) is 3.81. The summed E-state index contributed by atoms with van der Waals surface area (Å²) in [6, 6.07) is 1.60. The Morgan fingerprint density at radius 1 is 1.71 bits per heavy atom. The molecule has 0 saturated heterocycles. The van der Waals surface area contributed by atoms with Gasteiger partial charge in [-0.1, -0.05) is 6.92 Å². The smallest absolute Gasteiger partial charge is 0.254 e. The van der Waals surface area contributed by atoms with Crippen LogP contribution in [0.1, 0.15) is 30.1 Å². The first-order valence-electron chi connectivity index (χ1n) is 4.72. The largest absolute Gasteiger partial charge is 0.472 e. The van der Waals surface area contributed by atoms with Crippen molar-refractivity contribution in [1.82, 2.24) is 5.32 Å². The van der Waals surface area contributed by atoms with Gasteiger partial charge in [-0.15, -0.1) is 0 Å².